The summed E-state index contributed by atoms with van der Waals surface area (Å²) in [5.41, 5.74) is 0.191. The Morgan fingerprint density at radius 1 is 1.39 bits per heavy atom. The monoisotopic (exact) mass is 269 g/mol. The van der Waals surface area contributed by atoms with E-state index < -0.39 is 0 Å². The van der Waals surface area contributed by atoms with E-state index in [2.05, 4.69) is 43.2 Å². The molecule has 0 aliphatic heterocycles. The van der Waals surface area contributed by atoms with E-state index in [9.17, 15) is 4.79 Å². The van der Waals surface area contributed by atoms with Crippen LogP contribution in [0.25, 0.3) is 0 Å². The average Bonchev–Trinajstić information content (AvgIpc) is 2.63. The lowest BCUT2D eigenvalue weighted by molar-refractivity contribution is -0.119. The lowest BCUT2D eigenvalue weighted by Gasteiger charge is -2.14. The highest BCUT2D eigenvalue weighted by molar-refractivity contribution is 7.15. The van der Waals surface area contributed by atoms with Gasteiger partial charge in [-0.25, -0.2) is 0 Å². The Labute approximate surface area is 113 Å². The molecule has 0 spiro atoms. The van der Waals surface area contributed by atoms with Crippen LogP contribution >= 0.6 is 11.3 Å². The summed E-state index contributed by atoms with van der Waals surface area (Å²) in [5.74, 6) is 0.0697. The van der Waals surface area contributed by atoms with Gasteiger partial charge in [0.1, 0.15) is 5.01 Å². The van der Waals surface area contributed by atoms with Crippen LogP contribution in [-0.4, -0.2) is 16.1 Å². The summed E-state index contributed by atoms with van der Waals surface area (Å²) in [6.07, 6.45) is 2.80. The Morgan fingerprint density at radius 2 is 2.06 bits per heavy atom. The molecule has 1 N–H and O–H groups in total. The van der Waals surface area contributed by atoms with Crippen LogP contribution in [0, 0.1) is 11.3 Å². The molecule has 0 unspecified atom stereocenters. The summed E-state index contributed by atoms with van der Waals surface area (Å²) in [5, 5.41) is 12.6. The zero-order chi connectivity index (χ0) is 13.8. The minimum absolute atomic E-state index is 0.0324. The van der Waals surface area contributed by atoms with Gasteiger partial charge in [0, 0.05) is 12.3 Å². The Hall–Kier alpha value is -0.970. The summed E-state index contributed by atoms with van der Waals surface area (Å²) in [6.45, 7) is 10.5. The van der Waals surface area contributed by atoms with Gasteiger partial charge in [-0.2, -0.15) is 0 Å². The van der Waals surface area contributed by atoms with Crippen LogP contribution in [0.15, 0.2) is 0 Å². The van der Waals surface area contributed by atoms with Crippen molar-refractivity contribution in [3.8, 4) is 0 Å². The van der Waals surface area contributed by atoms with Crippen molar-refractivity contribution in [1.82, 2.24) is 10.2 Å². The minimum atomic E-state index is 0.0324. The van der Waals surface area contributed by atoms with Gasteiger partial charge >= 0.3 is 0 Å². The fourth-order valence-corrected chi connectivity index (χ4v) is 2.67. The molecule has 0 aliphatic carbocycles. The Balaban J connectivity index is 2.56. The summed E-state index contributed by atoms with van der Waals surface area (Å²) >= 11 is 1.47. The van der Waals surface area contributed by atoms with Crippen LogP contribution in [0.3, 0.4) is 0 Å². The third-order valence-corrected chi connectivity index (χ3v) is 3.39. The molecule has 1 aromatic rings. The van der Waals surface area contributed by atoms with Gasteiger partial charge in [0.15, 0.2) is 0 Å². The number of nitrogens with zero attached hydrogens (tertiary/aromatic N) is 2. The minimum Gasteiger partial charge on any atom is -0.300 e. The van der Waals surface area contributed by atoms with Gasteiger partial charge in [-0.15, -0.1) is 10.2 Å². The third kappa shape index (κ3) is 5.12. The highest BCUT2D eigenvalue weighted by Crippen LogP contribution is 2.25. The molecule has 1 heterocycles. The topological polar surface area (TPSA) is 54.9 Å². The number of rotatable bonds is 5. The summed E-state index contributed by atoms with van der Waals surface area (Å²) in [4.78, 5) is 11.8. The number of nitrogens with one attached hydrogen (secondary N) is 1. The van der Waals surface area contributed by atoms with E-state index in [1.54, 1.807) is 0 Å². The van der Waals surface area contributed by atoms with Gasteiger partial charge in [-0.1, -0.05) is 52.4 Å². The second-order valence-corrected chi connectivity index (χ2v) is 6.98. The molecular weight excluding hydrogens is 246 g/mol. The zero-order valence-corrected chi connectivity index (χ0v) is 12.7. The highest BCUT2D eigenvalue weighted by Gasteiger charge is 2.17. The predicted octanol–water partition coefficient (Wildman–Crippen LogP) is 3.50. The largest absolute Gasteiger partial charge is 0.300 e. The molecule has 1 rings (SSSR count). The first-order valence-electron chi connectivity index (χ1n) is 6.45. The predicted molar refractivity (Wildman–Crippen MR) is 75.8 cm³/mol. The number of amides is 1. The van der Waals surface area contributed by atoms with Gasteiger partial charge in [0.2, 0.25) is 11.0 Å². The van der Waals surface area contributed by atoms with Crippen molar-refractivity contribution in [2.45, 2.75) is 53.9 Å². The second-order valence-electron chi connectivity index (χ2n) is 5.92. The molecule has 0 bridgehead atoms. The van der Waals surface area contributed by atoms with Crippen LogP contribution in [-0.2, 0) is 11.2 Å². The fourth-order valence-electron chi connectivity index (χ4n) is 1.62. The highest BCUT2D eigenvalue weighted by atomic mass is 32.1. The molecule has 102 valence electrons. The molecule has 0 aliphatic rings. The summed E-state index contributed by atoms with van der Waals surface area (Å²) in [7, 11) is 0. The smallest absolute Gasteiger partial charge is 0.229 e. The second kappa shape index (κ2) is 6.27. The van der Waals surface area contributed by atoms with E-state index in [0.29, 0.717) is 5.13 Å². The molecular formula is C13H23N3OS. The van der Waals surface area contributed by atoms with Gasteiger partial charge < -0.3 is 5.32 Å². The maximum Gasteiger partial charge on any atom is 0.229 e. The van der Waals surface area contributed by atoms with Gasteiger partial charge in [-0.3, -0.25) is 4.79 Å². The maximum atomic E-state index is 11.8. The molecule has 18 heavy (non-hydrogen) atoms. The van der Waals surface area contributed by atoms with Gasteiger partial charge in [0.25, 0.3) is 0 Å². The first-order chi connectivity index (χ1) is 8.31. The van der Waals surface area contributed by atoms with Crippen molar-refractivity contribution in [2.24, 2.45) is 11.3 Å². The number of carbonyl (C=O) groups is 1. The zero-order valence-electron chi connectivity index (χ0n) is 11.9. The molecule has 0 saturated heterocycles. The Bertz CT molecular complexity index is 395. The Morgan fingerprint density at radius 3 is 2.61 bits per heavy atom. The number of hydrogen-bond donors (Lipinski definition) is 1. The van der Waals surface area contributed by atoms with Crippen LogP contribution < -0.4 is 5.32 Å². The maximum absolute atomic E-state index is 11.8. The van der Waals surface area contributed by atoms with Crippen molar-refractivity contribution >= 4 is 22.4 Å². The number of anilines is 1. The van der Waals surface area contributed by atoms with E-state index in [0.717, 1.165) is 24.3 Å². The number of carbonyl (C=O) groups excluding carboxylic acids is 1. The van der Waals surface area contributed by atoms with E-state index >= 15 is 0 Å². The van der Waals surface area contributed by atoms with Crippen LogP contribution in [0.1, 0.15) is 52.5 Å². The fraction of sp³-hybridized carbons (Fsp3) is 0.769. The van der Waals surface area contributed by atoms with Crippen LogP contribution in [0.5, 0.6) is 0 Å². The molecule has 4 nitrogen and oxygen atoms in total. The average molecular weight is 269 g/mol. The molecule has 0 saturated carbocycles. The first kappa shape index (κ1) is 15.1. The molecule has 0 fully saturated rings. The quantitative estimate of drug-likeness (QED) is 0.890. The Kier molecular flexibility index (Phi) is 5.26. The summed E-state index contributed by atoms with van der Waals surface area (Å²) in [6, 6.07) is 0. The number of aromatic nitrogens is 2. The normalized spacial score (nSPS) is 13.4. The lowest BCUT2D eigenvalue weighted by atomic mass is 9.93. The van der Waals surface area contributed by atoms with E-state index in [4.69, 9.17) is 0 Å². The molecule has 0 radical (unpaired) electrons. The lowest BCUT2D eigenvalue weighted by Crippen LogP contribution is -2.20. The number of hydrogen-bond acceptors (Lipinski definition) is 4. The third-order valence-electron chi connectivity index (χ3n) is 2.55. The molecule has 5 heteroatoms. The van der Waals surface area contributed by atoms with Crippen molar-refractivity contribution in [3.63, 3.8) is 0 Å². The van der Waals surface area contributed by atoms with Crippen molar-refractivity contribution < 1.29 is 4.79 Å². The molecule has 0 aromatic carbocycles. The van der Waals surface area contributed by atoms with Crippen LogP contribution in [0.2, 0.25) is 0 Å². The van der Waals surface area contributed by atoms with Crippen LogP contribution in [0.4, 0.5) is 5.13 Å². The summed E-state index contributed by atoms with van der Waals surface area (Å²) < 4.78 is 0. The molecule has 1 atom stereocenters. The first-order valence-corrected chi connectivity index (χ1v) is 7.26. The SMILES string of the molecule is CCC[C@@H](C)C(=O)Nc1nnc(CC(C)(C)C)s1. The van der Waals surface area contributed by atoms with E-state index in [1.807, 2.05) is 6.92 Å². The molecule has 1 aromatic heterocycles. The van der Waals surface area contributed by atoms with Crippen molar-refractivity contribution in [1.29, 1.82) is 0 Å². The van der Waals surface area contributed by atoms with E-state index in [1.165, 1.54) is 11.3 Å². The molecule has 1 amide bonds. The van der Waals surface area contributed by atoms with E-state index in [-0.39, 0.29) is 17.2 Å². The standard InChI is InChI=1S/C13H23N3OS/c1-6-7-9(2)11(17)14-12-16-15-10(18-12)8-13(3,4)5/h9H,6-8H2,1-5H3,(H,14,16,17)/t9-/m1/s1. The van der Waals surface area contributed by atoms with Gasteiger partial charge in [-0.05, 0) is 11.8 Å². The van der Waals surface area contributed by atoms with Crippen molar-refractivity contribution in [3.05, 3.63) is 5.01 Å². The van der Waals surface area contributed by atoms with Crippen molar-refractivity contribution in [2.75, 3.05) is 5.32 Å². The van der Waals surface area contributed by atoms with Gasteiger partial charge in [0.05, 0.1) is 0 Å².